The fraction of sp³-hybridized carbons (Fsp3) is 0.467. The Labute approximate surface area is 114 Å². The van der Waals surface area contributed by atoms with Crippen LogP contribution in [-0.4, -0.2) is 54.9 Å². The third-order valence-corrected chi connectivity index (χ3v) is 3.95. The van der Waals surface area contributed by atoms with Gasteiger partial charge in [-0.05, 0) is 18.7 Å². The zero-order valence-corrected chi connectivity index (χ0v) is 11.7. The summed E-state index contributed by atoms with van der Waals surface area (Å²) in [4.78, 5) is 10.3. The number of hydrogen-bond acceptors (Lipinski definition) is 3. The molecule has 0 bridgehead atoms. The molecule has 0 unspecified atom stereocenters. The lowest BCUT2D eigenvalue weighted by Crippen LogP contribution is -2.43. The Bertz CT molecular complexity index is 556. The number of aromatic nitrogens is 1. The van der Waals surface area contributed by atoms with Gasteiger partial charge in [0.2, 0.25) is 0 Å². The maximum Gasteiger partial charge on any atom is 0.104 e. The topological polar surface area (TPSA) is 20.6 Å². The third-order valence-electron chi connectivity index (χ3n) is 3.95. The molecule has 4 heteroatoms. The molecule has 3 rings (SSSR count). The predicted octanol–water partition coefficient (Wildman–Crippen LogP) is 1.45. The van der Waals surface area contributed by atoms with Crippen LogP contribution in [0.25, 0.3) is 10.9 Å². The monoisotopic (exact) mass is 259 g/mol. The van der Waals surface area contributed by atoms with Crippen LogP contribution in [-0.2, 0) is 6.54 Å². The van der Waals surface area contributed by atoms with E-state index in [1.807, 2.05) is 4.73 Å². The number of piperazine rings is 1. The van der Waals surface area contributed by atoms with Crippen molar-refractivity contribution in [3.05, 3.63) is 36.0 Å². The Hall–Kier alpha value is -1.52. The summed E-state index contributed by atoms with van der Waals surface area (Å²) in [6.07, 6.45) is 2.11. The second-order valence-corrected chi connectivity index (χ2v) is 5.26. The summed E-state index contributed by atoms with van der Waals surface area (Å²) in [5, 5.41) is 1.29. The van der Waals surface area contributed by atoms with Gasteiger partial charge in [-0.3, -0.25) is 4.90 Å². The van der Waals surface area contributed by atoms with Gasteiger partial charge in [0.15, 0.2) is 0 Å². The molecule has 0 atom stereocenters. The molecule has 0 aliphatic carbocycles. The van der Waals surface area contributed by atoms with Crippen molar-refractivity contribution in [2.45, 2.75) is 6.54 Å². The van der Waals surface area contributed by atoms with Crippen LogP contribution in [0.5, 0.6) is 0 Å². The highest BCUT2D eigenvalue weighted by Crippen LogP contribution is 2.22. The van der Waals surface area contributed by atoms with E-state index in [0.717, 1.165) is 38.2 Å². The van der Waals surface area contributed by atoms with Crippen LogP contribution < -0.4 is 4.84 Å². The Morgan fingerprint density at radius 2 is 1.84 bits per heavy atom. The summed E-state index contributed by atoms with van der Waals surface area (Å²) in [6, 6.07) is 8.43. The summed E-state index contributed by atoms with van der Waals surface area (Å²) in [7, 11) is 3.90. The van der Waals surface area contributed by atoms with Crippen LogP contribution in [0.4, 0.5) is 0 Å². The average Bonchev–Trinajstić information content (AvgIpc) is 2.80. The molecule has 0 saturated carbocycles. The van der Waals surface area contributed by atoms with Crippen LogP contribution in [0.1, 0.15) is 5.56 Å². The summed E-state index contributed by atoms with van der Waals surface area (Å²) in [5.41, 5.74) is 2.50. The lowest BCUT2D eigenvalue weighted by Gasteiger charge is -2.32. The fourth-order valence-electron chi connectivity index (χ4n) is 2.74. The van der Waals surface area contributed by atoms with E-state index in [1.54, 1.807) is 7.11 Å². The molecule has 1 aromatic heterocycles. The van der Waals surface area contributed by atoms with E-state index >= 15 is 0 Å². The smallest absolute Gasteiger partial charge is 0.104 e. The van der Waals surface area contributed by atoms with Crippen LogP contribution in [0.2, 0.25) is 0 Å². The molecule has 102 valence electrons. The number of para-hydroxylation sites is 1. The van der Waals surface area contributed by atoms with Crippen LogP contribution >= 0.6 is 0 Å². The fourth-order valence-corrected chi connectivity index (χ4v) is 2.74. The number of rotatable bonds is 3. The largest absolute Gasteiger partial charge is 0.417 e. The molecule has 19 heavy (non-hydrogen) atoms. The van der Waals surface area contributed by atoms with Gasteiger partial charge < -0.3 is 9.74 Å². The molecule has 0 N–H and O–H groups in total. The van der Waals surface area contributed by atoms with E-state index in [-0.39, 0.29) is 0 Å². The molecule has 0 spiro atoms. The normalized spacial score (nSPS) is 18.0. The summed E-state index contributed by atoms with van der Waals surface area (Å²) < 4.78 is 1.86. The lowest BCUT2D eigenvalue weighted by atomic mass is 10.1. The average molecular weight is 259 g/mol. The van der Waals surface area contributed by atoms with Crippen molar-refractivity contribution in [2.75, 3.05) is 40.3 Å². The standard InChI is InChI=1S/C15H21N3O/c1-16-7-9-17(10-8-16)11-13-12-18(19-2)15-6-4-3-5-14(13)15/h3-6,12H,7-11H2,1-2H3. The first kappa shape index (κ1) is 12.5. The van der Waals surface area contributed by atoms with E-state index in [9.17, 15) is 0 Å². The first-order chi connectivity index (χ1) is 9.28. The molecule has 0 radical (unpaired) electrons. The SMILES string of the molecule is COn1cc(CN2CCN(C)CC2)c2ccccc21. The number of nitrogens with zero attached hydrogens (tertiary/aromatic N) is 3. The van der Waals surface area contributed by atoms with E-state index in [0.29, 0.717) is 0 Å². The molecule has 1 saturated heterocycles. The van der Waals surface area contributed by atoms with Gasteiger partial charge in [0.05, 0.1) is 5.52 Å². The molecular formula is C15H21N3O. The van der Waals surface area contributed by atoms with Gasteiger partial charge in [-0.25, -0.2) is 0 Å². The maximum absolute atomic E-state index is 5.40. The quantitative estimate of drug-likeness (QED) is 0.832. The molecule has 2 heterocycles. The molecule has 1 fully saturated rings. The predicted molar refractivity (Wildman–Crippen MR) is 77.2 cm³/mol. The summed E-state index contributed by atoms with van der Waals surface area (Å²) >= 11 is 0. The van der Waals surface area contributed by atoms with E-state index < -0.39 is 0 Å². The van der Waals surface area contributed by atoms with E-state index in [1.165, 1.54) is 10.9 Å². The van der Waals surface area contributed by atoms with Gasteiger partial charge in [0.25, 0.3) is 0 Å². The maximum atomic E-state index is 5.40. The van der Waals surface area contributed by atoms with Gasteiger partial charge >= 0.3 is 0 Å². The highest BCUT2D eigenvalue weighted by atomic mass is 16.6. The van der Waals surface area contributed by atoms with Crippen LogP contribution in [0.3, 0.4) is 0 Å². The second-order valence-electron chi connectivity index (χ2n) is 5.26. The van der Waals surface area contributed by atoms with Gasteiger partial charge in [-0.15, -0.1) is 0 Å². The Morgan fingerprint density at radius 1 is 1.11 bits per heavy atom. The van der Waals surface area contributed by atoms with Crippen molar-refractivity contribution in [2.24, 2.45) is 0 Å². The highest BCUT2D eigenvalue weighted by molar-refractivity contribution is 5.83. The van der Waals surface area contributed by atoms with Crippen molar-refractivity contribution in [3.63, 3.8) is 0 Å². The first-order valence-corrected chi connectivity index (χ1v) is 6.82. The van der Waals surface area contributed by atoms with Gasteiger partial charge in [0, 0.05) is 44.3 Å². The molecule has 0 amide bonds. The molecule has 2 aromatic rings. The second kappa shape index (κ2) is 5.23. The van der Waals surface area contributed by atoms with Gasteiger partial charge in [-0.1, -0.05) is 18.2 Å². The lowest BCUT2D eigenvalue weighted by molar-refractivity contribution is 0.147. The molecule has 1 aromatic carbocycles. The first-order valence-electron chi connectivity index (χ1n) is 6.82. The minimum Gasteiger partial charge on any atom is -0.417 e. The van der Waals surface area contributed by atoms with Crippen molar-refractivity contribution in [1.82, 2.24) is 14.5 Å². The minimum absolute atomic E-state index is 1.00. The third kappa shape index (κ3) is 2.46. The van der Waals surface area contributed by atoms with E-state index in [2.05, 4.69) is 47.3 Å². The number of hydrogen-bond donors (Lipinski definition) is 0. The zero-order valence-electron chi connectivity index (χ0n) is 11.7. The van der Waals surface area contributed by atoms with Crippen LogP contribution in [0, 0.1) is 0 Å². The zero-order chi connectivity index (χ0) is 13.2. The molecule has 4 nitrogen and oxygen atoms in total. The van der Waals surface area contributed by atoms with Crippen molar-refractivity contribution in [1.29, 1.82) is 0 Å². The molecule has 1 aliphatic rings. The number of fused-ring (bicyclic) bond motifs is 1. The van der Waals surface area contributed by atoms with Crippen molar-refractivity contribution >= 4 is 10.9 Å². The Kier molecular flexibility index (Phi) is 3.44. The highest BCUT2D eigenvalue weighted by Gasteiger charge is 2.16. The minimum atomic E-state index is 1.00. The Morgan fingerprint density at radius 3 is 2.58 bits per heavy atom. The van der Waals surface area contributed by atoms with Gasteiger partial charge in [-0.2, -0.15) is 4.73 Å². The van der Waals surface area contributed by atoms with E-state index in [4.69, 9.17) is 4.84 Å². The summed E-state index contributed by atoms with van der Waals surface area (Å²) in [5.74, 6) is 0. The van der Waals surface area contributed by atoms with Crippen molar-refractivity contribution < 1.29 is 4.84 Å². The molecule has 1 aliphatic heterocycles. The molecular weight excluding hydrogens is 238 g/mol. The van der Waals surface area contributed by atoms with Gasteiger partial charge in [0.1, 0.15) is 7.11 Å². The van der Waals surface area contributed by atoms with Crippen LogP contribution in [0.15, 0.2) is 30.5 Å². The van der Waals surface area contributed by atoms with Crippen molar-refractivity contribution in [3.8, 4) is 0 Å². The number of likely N-dealkylation sites (N-methyl/N-ethyl adjacent to an activating group) is 1. The number of benzene rings is 1. The summed E-state index contributed by atoms with van der Waals surface area (Å²) in [6.45, 7) is 5.60. The Balaban J connectivity index is 1.84.